The zero-order valence-corrected chi connectivity index (χ0v) is 18.3. The van der Waals surface area contributed by atoms with Gasteiger partial charge in [0.05, 0.1) is 0 Å². The van der Waals surface area contributed by atoms with E-state index in [1.54, 1.807) is 11.1 Å². The minimum atomic E-state index is 1.26. The van der Waals surface area contributed by atoms with E-state index >= 15 is 0 Å². The first-order valence-electron chi connectivity index (χ1n) is 10.9. The molecule has 0 atom stereocenters. The lowest BCUT2D eigenvalue weighted by Crippen LogP contribution is -1.97. The maximum Gasteiger partial charge on any atom is 0.0104 e. The van der Waals surface area contributed by atoms with Crippen molar-refractivity contribution in [3.8, 4) is 0 Å². The molecule has 1 rings (SSSR count). The van der Waals surface area contributed by atoms with Crippen LogP contribution in [0.4, 0.5) is 0 Å². The first-order chi connectivity index (χ1) is 12.2. The van der Waals surface area contributed by atoms with Crippen molar-refractivity contribution in [1.29, 1.82) is 0 Å². The van der Waals surface area contributed by atoms with E-state index in [0.29, 0.717) is 0 Å². The lowest BCUT2D eigenvalue weighted by atomic mass is 9.97. The summed E-state index contributed by atoms with van der Waals surface area (Å²) in [6.45, 7) is 6.90. The second-order valence-electron chi connectivity index (χ2n) is 7.63. The molecule has 0 unspecified atom stereocenters. The highest BCUT2D eigenvalue weighted by molar-refractivity contribution is 7.98. The van der Waals surface area contributed by atoms with Gasteiger partial charge >= 0.3 is 0 Å². The summed E-state index contributed by atoms with van der Waals surface area (Å²) in [5.41, 5.74) is 4.70. The van der Waals surface area contributed by atoms with Crippen LogP contribution in [0.15, 0.2) is 17.0 Å². The van der Waals surface area contributed by atoms with Gasteiger partial charge in [0.2, 0.25) is 0 Å². The van der Waals surface area contributed by atoms with Gasteiger partial charge in [0.25, 0.3) is 0 Å². The summed E-state index contributed by atoms with van der Waals surface area (Å²) in [7, 11) is 0. The lowest BCUT2D eigenvalue weighted by Gasteiger charge is -2.14. The van der Waals surface area contributed by atoms with E-state index in [9.17, 15) is 0 Å². The Morgan fingerprint density at radius 3 is 1.64 bits per heavy atom. The van der Waals surface area contributed by atoms with Crippen LogP contribution >= 0.6 is 11.8 Å². The predicted molar refractivity (Wildman–Crippen MR) is 117 cm³/mol. The highest BCUT2D eigenvalue weighted by Crippen LogP contribution is 2.27. The van der Waals surface area contributed by atoms with E-state index in [0.717, 1.165) is 0 Å². The molecule has 0 N–H and O–H groups in total. The predicted octanol–water partition coefficient (Wildman–Crippen LogP) is 8.52. The molecule has 144 valence electrons. The Morgan fingerprint density at radius 1 is 0.640 bits per heavy atom. The molecule has 0 heterocycles. The van der Waals surface area contributed by atoms with Gasteiger partial charge in [0, 0.05) is 4.90 Å². The number of rotatable bonds is 15. The summed E-state index contributed by atoms with van der Waals surface area (Å²) < 4.78 is 0. The average molecular weight is 363 g/mol. The number of unbranched alkanes of at least 4 members (excludes halogenated alkanes) is 10. The fourth-order valence-corrected chi connectivity index (χ4v) is 4.32. The summed E-state index contributed by atoms with van der Waals surface area (Å²) >= 11 is 1.94. The van der Waals surface area contributed by atoms with E-state index in [4.69, 9.17) is 0 Å². The van der Waals surface area contributed by atoms with Crippen LogP contribution in [0.2, 0.25) is 0 Å². The molecule has 0 aliphatic rings. The van der Waals surface area contributed by atoms with Crippen molar-refractivity contribution in [1.82, 2.24) is 0 Å². The van der Waals surface area contributed by atoms with Crippen LogP contribution in [0.3, 0.4) is 0 Å². The molecule has 0 saturated heterocycles. The molecule has 0 aromatic heterocycles. The molecule has 1 heteroatoms. The Kier molecular flexibility index (Phi) is 13.3. The molecule has 0 bridgehead atoms. The number of benzene rings is 1. The smallest absolute Gasteiger partial charge is 0.0104 e. The van der Waals surface area contributed by atoms with Gasteiger partial charge in [0.15, 0.2) is 0 Å². The molecule has 0 radical (unpaired) electrons. The van der Waals surface area contributed by atoms with Gasteiger partial charge in [-0.1, -0.05) is 84.1 Å². The zero-order valence-electron chi connectivity index (χ0n) is 17.5. The molecular formula is C24H42S. The molecule has 0 nitrogen and oxygen atoms in total. The SMILES string of the molecule is CCCCCCCCc1cc(SC)c(CCCCCCCC)cc1C. The first kappa shape index (κ1) is 22.6. The molecule has 1 aromatic carbocycles. The summed E-state index contributed by atoms with van der Waals surface area (Å²) in [6, 6.07) is 4.99. The van der Waals surface area contributed by atoms with Crippen molar-refractivity contribution in [2.24, 2.45) is 0 Å². The van der Waals surface area contributed by atoms with Crippen molar-refractivity contribution in [2.75, 3.05) is 6.26 Å². The molecule has 0 amide bonds. The van der Waals surface area contributed by atoms with Gasteiger partial charge in [-0.3, -0.25) is 0 Å². The van der Waals surface area contributed by atoms with Gasteiger partial charge in [-0.05, 0) is 61.6 Å². The zero-order chi connectivity index (χ0) is 18.3. The minimum Gasteiger partial charge on any atom is -0.129 e. The lowest BCUT2D eigenvalue weighted by molar-refractivity contribution is 0.604. The molecule has 0 saturated carbocycles. The normalized spacial score (nSPS) is 11.2. The number of thioether (sulfide) groups is 1. The van der Waals surface area contributed by atoms with Gasteiger partial charge in [-0.15, -0.1) is 11.8 Å². The van der Waals surface area contributed by atoms with Crippen LogP contribution in [0.25, 0.3) is 0 Å². The number of hydrogen-bond acceptors (Lipinski definition) is 1. The van der Waals surface area contributed by atoms with Crippen molar-refractivity contribution in [3.05, 3.63) is 28.8 Å². The van der Waals surface area contributed by atoms with E-state index in [-0.39, 0.29) is 0 Å². The molecule has 0 aliphatic heterocycles. The van der Waals surface area contributed by atoms with Gasteiger partial charge < -0.3 is 0 Å². The fraction of sp³-hybridized carbons (Fsp3) is 0.750. The molecule has 1 aromatic rings. The van der Waals surface area contributed by atoms with Crippen LogP contribution in [0.5, 0.6) is 0 Å². The quantitative estimate of drug-likeness (QED) is 0.222. The van der Waals surface area contributed by atoms with Crippen LogP contribution in [0, 0.1) is 6.92 Å². The van der Waals surface area contributed by atoms with Crippen molar-refractivity contribution in [3.63, 3.8) is 0 Å². The maximum atomic E-state index is 2.50. The highest BCUT2D eigenvalue weighted by Gasteiger charge is 2.07. The standard InChI is InChI=1S/C24H42S/c1-5-7-9-11-13-15-17-22-20-24(25-4)23(19-21(22)3)18-16-14-12-10-8-6-2/h19-20H,5-18H2,1-4H3. The third kappa shape index (κ3) is 9.73. The second-order valence-corrected chi connectivity index (χ2v) is 8.47. The number of hydrogen-bond donors (Lipinski definition) is 0. The summed E-state index contributed by atoms with van der Waals surface area (Å²) in [6.07, 6.45) is 21.4. The third-order valence-electron chi connectivity index (χ3n) is 5.34. The molecule has 0 fully saturated rings. The molecule has 0 aliphatic carbocycles. The maximum absolute atomic E-state index is 2.50. The molecule has 0 spiro atoms. The van der Waals surface area contributed by atoms with Crippen molar-refractivity contribution < 1.29 is 0 Å². The Labute approximate surface area is 162 Å². The molecular weight excluding hydrogens is 320 g/mol. The highest BCUT2D eigenvalue weighted by atomic mass is 32.2. The van der Waals surface area contributed by atoms with E-state index in [1.807, 2.05) is 11.8 Å². The summed E-state index contributed by atoms with van der Waals surface area (Å²) in [5.74, 6) is 0. The third-order valence-corrected chi connectivity index (χ3v) is 6.16. The summed E-state index contributed by atoms with van der Waals surface area (Å²) in [5, 5.41) is 0. The van der Waals surface area contributed by atoms with Crippen LogP contribution in [-0.2, 0) is 12.8 Å². The second kappa shape index (κ2) is 14.7. The van der Waals surface area contributed by atoms with Gasteiger partial charge in [-0.25, -0.2) is 0 Å². The average Bonchev–Trinajstić information content (AvgIpc) is 2.62. The Bertz CT molecular complexity index is 450. The van der Waals surface area contributed by atoms with Crippen LogP contribution in [-0.4, -0.2) is 6.26 Å². The molecule has 25 heavy (non-hydrogen) atoms. The van der Waals surface area contributed by atoms with Crippen molar-refractivity contribution >= 4 is 11.8 Å². The monoisotopic (exact) mass is 362 g/mol. The summed E-state index contributed by atoms with van der Waals surface area (Å²) in [4.78, 5) is 1.53. The van der Waals surface area contributed by atoms with E-state index in [1.165, 1.54) is 100 Å². The largest absolute Gasteiger partial charge is 0.129 e. The Hall–Kier alpha value is -0.430. The van der Waals surface area contributed by atoms with E-state index < -0.39 is 0 Å². The van der Waals surface area contributed by atoms with Crippen LogP contribution in [0.1, 0.15) is 108 Å². The van der Waals surface area contributed by atoms with Gasteiger partial charge in [0.1, 0.15) is 0 Å². The minimum absolute atomic E-state index is 1.26. The van der Waals surface area contributed by atoms with Crippen molar-refractivity contribution in [2.45, 2.75) is 116 Å². The van der Waals surface area contributed by atoms with Gasteiger partial charge in [-0.2, -0.15) is 0 Å². The number of aryl methyl sites for hydroxylation is 3. The topological polar surface area (TPSA) is 0 Å². The van der Waals surface area contributed by atoms with Crippen LogP contribution < -0.4 is 0 Å². The Balaban J connectivity index is 2.43. The first-order valence-corrected chi connectivity index (χ1v) is 12.1. The van der Waals surface area contributed by atoms with E-state index in [2.05, 4.69) is 39.2 Å². The fourth-order valence-electron chi connectivity index (χ4n) is 3.64. The Morgan fingerprint density at radius 2 is 1.12 bits per heavy atom.